The maximum atomic E-state index is 11.9. The van der Waals surface area contributed by atoms with E-state index in [0.717, 1.165) is 0 Å². The van der Waals surface area contributed by atoms with Crippen molar-refractivity contribution in [3.8, 4) is 0 Å². The summed E-state index contributed by atoms with van der Waals surface area (Å²) in [5.41, 5.74) is 5.77. The zero-order valence-electron chi connectivity index (χ0n) is 9.77. The lowest BCUT2D eigenvalue weighted by Crippen LogP contribution is -2.31. The molecule has 0 aliphatic carbocycles. The molecular weight excluding hydrogens is 262 g/mol. The number of nitrogen functional groups attached to an aromatic ring is 1. The molecule has 3 N–H and O–H groups in total. The summed E-state index contributed by atoms with van der Waals surface area (Å²) in [6.45, 7) is 0.949. The van der Waals surface area contributed by atoms with Gasteiger partial charge in [0, 0.05) is 18.1 Å². The third kappa shape index (κ3) is 4.16. The zero-order valence-corrected chi connectivity index (χ0v) is 11.3. The smallest absolute Gasteiger partial charge is 0.242 e. The highest BCUT2D eigenvalue weighted by atomic mass is 35.5. The van der Waals surface area contributed by atoms with Crippen molar-refractivity contribution in [3.63, 3.8) is 0 Å². The maximum Gasteiger partial charge on any atom is 0.242 e. The van der Waals surface area contributed by atoms with E-state index in [2.05, 4.69) is 4.72 Å². The maximum absolute atomic E-state index is 11.9. The van der Waals surface area contributed by atoms with Crippen molar-refractivity contribution in [2.75, 3.05) is 32.9 Å². The summed E-state index contributed by atoms with van der Waals surface area (Å²) in [5.74, 6) is 0. The summed E-state index contributed by atoms with van der Waals surface area (Å²) in [5, 5.41) is 0.412. The predicted molar refractivity (Wildman–Crippen MR) is 69.6 cm³/mol. The van der Waals surface area contributed by atoms with Crippen LogP contribution in [0.3, 0.4) is 0 Å². The number of likely N-dealkylation sites (N-methyl/N-ethyl adjacent to an activating group) is 1. The first kappa shape index (κ1) is 14.2. The Labute approximate surface area is 107 Å². The first-order valence-electron chi connectivity index (χ1n) is 5.02. The second kappa shape index (κ2) is 5.68. The minimum Gasteiger partial charge on any atom is -0.398 e. The summed E-state index contributed by atoms with van der Waals surface area (Å²) >= 11 is 5.71. The number of rotatable bonds is 5. The van der Waals surface area contributed by atoms with Gasteiger partial charge in [0.2, 0.25) is 10.0 Å². The van der Waals surface area contributed by atoms with E-state index in [0.29, 0.717) is 18.1 Å². The molecule has 0 aromatic heterocycles. The van der Waals surface area contributed by atoms with Gasteiger partial charge in [0.05, 0.1) is 5.69 Å². The Balaban J connectivity index is 2.83. The van der Waals surface area contributed by atoms with Gasteiger partial charge in [-0.3, -0.25) is 0 Å². The molecule has 0 atom stereocenters. The first-order valence-corrected chi connectivity index (χ1v) is 6.88. The molecular formula is C10H16ClN3O2S. The molecule has 0 aliphatic heterocycles. The van der Waals surface area contributed by atoms with E-state index in [1.807, 2.05) is 19.0 Å². The van der Waals surface area contributed by atoms with Crippen molar-refractivity contribution >= 4 is 27.3 Å². The molecule has 0 aliphatic rings. The van der Waals surface area contributed by atoms with Crippen LogP contribution < -0.4 is 10.5 Å². The lowest BCUT2D eigenvalue weighted by molar-refractivity contribution is 0.412. The fraction of sp³-hybridized carbons (Fsp3) is 0.400. The molecule has 7 heteroatoms. The van der Waals surface area contributed by atoms with E-state index in [1.165, 1.54) is 18.2 Å². The van der Waals surface area contributed by atoms with Gasteiger partial charge in [-0.25, -0.2) is 13.1 Å². The normalized spacial score (nSPS) is 12.0. The van der Waals surface area contributed by atoms with Crippen LogP contribution >= 0.6 is 11.6 Å². The third-order valence-electron chi connectivity index (χ3n) is 2.11. The molecule has 5 nitrogen and oxygen atoms in total. The molecule has 0 spiro atoms. The minimum absolute atomic E-state index is 0.0562. The van der Waals surface area contributed by atoms with Gasteiger partial charge in [0.15, 0.2) is 0 Å². The van der Waals surface area contributed by atoms with E-state index in [-0.39, 0.29) is 10.6 Å². The Kier molecular flexibility index (Phi) is 4.76. The predicted octanol–water partition coefficient (Wildman–Crippen LogP) is 0.762. The van der Waals surface area contributed by atoms with E-state index < -0.39 is 10.0 Å². The van der Waals surface area contributed by atoms with Crippen molar-refractivity contribution in [3.05, 3.63) is 23.2 Å². The van der Waals surface area contributed by atoms with Gasteiger partial charge in [-0.1, -0.05) is 11.6 Å². The number of nitrogens with zero attached hydrogens (tertiary/aromatic N) is 1. The largest absolute Gasteiger partial charge is 0.398 e. The van der Waals surface area contributed by atoms with E-state index in [4.69, 9.17) is 17.3 Å². The SMILES string of the molecule is CN(C)CCNS(=O)(=O)c1ccc(Cl)cc1N. The molecule has 0 radical (unpaired) electrons. The number of benzene rings is 1. The molecule has 1 aromatic rings. The van der Waals surface area contributed by atoms with Crippen molar-refractivity contribution in [2.24, 2.45) is 0 Å². The highest BCUT2D eigenvalue weighted by Crippen LogP contribution is 2.21. The van der Waals surface area contributed by atoms with Gasteiger partial charge < -0.3 is 10.6 Å². The Morgan fingerprint density at radius 1 is 1.41 bits per heavy atom. The topological polar surface area (TPSA) is 75.4 Å². The van der Waals surface area contributed by atoms with Gasteiger partial charge >= 0.3 is 0 Å². The summed E-state index contributed by atoms with van der Waals surface area (Å²) in [4.78, 5) is 1.94. The van der Waals surface area contributed by atoms with Gasteiger partial charge in [-0.05, 0) is 32.3 Å². The van der Waals surface area contributed by atoms with E-state index >= 15 is 0 Å². The number of anilines is 1. The van der Waals surface area contributed by atoms with Crippen LogP contribution in [0.25, 0.3) is 0 Å². The first-order chi connectivity index (χ1) is 7.83. The Morgan fingerprint density at radius 3 is 2.59 bits per heavy atom. The van der Waals surface area contributed by atoms with Crippen LogP contribution in [-0.2, 0) is 10.0 Å². The Bertz CT molecular complexity index is 488. The highest BCUT2D eigenvalue weighted by molar-refractivity contribution is 7.89. The molecule has 96 valence electrons. The van der Waals surface area contributed by atoms with Crippen molar-refractivity contribution in [1.29, 1.82) is 0 Å². The molecule has 1 aromatic carbocycles. The van der Waals surface area contributed by atoms with Gasteiger partial charge in [-0.2, -0.15) is 0 Å². The number of nitrogens with one attached hydrogen (secondary N) is 1. The Hall–Kier alpha value is -0.820. The van der Waals surface area contributed by atoms with Crippen LogP contribution in [0.2, 0.25) is 5.02 Å². The summed E-state index contributed by atoms with van der Waals surface area (Å²) in [6.07, 6.45) is 0. The molecule has 0 heterocycles. The van der Waals surface area contributed by atoms with Crippen LogP contribution in [0, 0.1) is 0 Å². The molecule has 17 heavy (non-hydrogen) atoms. The van der Waals surface area contributed by atoms with E-state index in [1.54, 1.807) is 0 Å². The average molecular weight is 278 g/mol. The molecule has 0 saturated heterocycles. The number of hydrogen-bond donors (Lipinski definition) is 2. The molecule has 0 amide bonds. The average Bonchev–Trinajstić information content (AvgIpc) is 2.15. The lowest BCUT2D eigenvalue weighted by atomic mass is 10.3. The number of hydrogen-bond acceptors (Lipinski definition) is 4. The summed E-state index contributed by atoms with van der Waals surface area (Å²) in [6, 6.07) is 4.32. The monoisotopic (exact) mass is 277 g/mol. The van der Waals surface area contributed by atoms with Crippen LogP contribution in [0.4, 0.5) is 5.69 Å². The number of sulfonamides is 1. The quantitative estimate of drug-likeness (QED) is 0.780. The van der Waals surface area contributed by atoms with Gasteiger partial charge in [0.1, 0.15) is 4.90 Å². The molecule has 0 unspecified atom stereocenters. The van der Waals surface area contributed by atoms with Crippen molar-refractivity contribution < 1.29 is 8.42 Å². The minimum atomic E-state index is -3.56. The van der Waals surface area contributed by atoms with Crippen LogP contribution in [0.15, 0.2) is 23.1 Å². The second-order valence-corrected chi connectivity index (χ2v) is 6.06. The summed E-state index contributed by atoms with van der Waals surface area (Å²) < 4.78 is 26.3. The number of halogens is 1. The van der Waals surface area contributed by atoms with E-state index in [9.17, 15) is 8.42 Å². The van der Waals surface area contributed by atoms with Crippen molar-refractivity contribution in [1.82, 2.24) is 9.62 Å². The zero-order chi connectivity index (χ0) is 13.1. The molecule has 0 bridgehead atoms. The fourth-order valence-electron chi connectivity index (χ4n) is 1.25. The summed E-state index contributed by atoms with van der Waals surface area (Å²) in [7, 11) is 0.168. The number of nitrogens with two attached hydrogens (primary N) is 1. The third-order valence-corrected chi connectivity index (χ3v) is 3.88. The van der Waals surface area contributed by atoms with Crippen LogP contribution in [0.5, 0.6) is 0 Å². The van der Waals surface area contributed by atoms with Crippen LogP contribution in [0.1, 0.15) is 0 Å². The molecule has 0 fully saturated rings. The standard InChI is InChI=1S/C10H16ClN3O2S/c1-14(2)6-5-13-17(15,16)10-4-3-8(11)7-9(10)12/h3-4,7,13H,5-6,12H2,1-2H3. The fourth-order valence-corrected chi connectivity index (χ4v) is 2.56. The van der Waals surface area contributed by atoms with Gasteiger partial charge in [0.25, 0.3) is 0 Å². The molecule has 0 saturated carbocycles. The van der Waals surface area contributed by atoms with Crippen LogP contribution in [-0.4, -0.2) is 40.5 Å². The van der Waals surface area contributed by atoms with Crippen molar-refractivity contribution in [2.45, 2.75) is 4.90 Å². The second-order valence-electron chi connectivity index (χ2n) is 3.88. The van der Waals surface area contributed by atoms with Gasteiger partial charge in [-0.15, -0.1) is 0 Å². The Morgan fingerprint density at radius 2 is 2.06 bits per heavy atom. The highest BCUT2D eigenvalue weighted by Gasteiger charge is 2.16. The molecule has 1 rings (SSSR count). The lowest BCUT2D eigenvalue weighted by Gasteiger charge is -2.12.